The number of aromatic nitrogens is 1. The summed E-state index contributed by atoms with van der Waals surface area (Å²) in [7, 11) is 0. The van der Waals surface area contributed by atoms with E-state index >= 15 is 0 Å². The molecular formula is C14H16N2O4. The third-order valence-corrected chi connectivity index (χ3v) is 3.52. The highest BCUT2D eigenvalue weighted by atomic mass is 16.5. The van der Waals surface area contributed by atoms with Gasteiger partial charge in [-0.25, -0.2) is 4.79 Å². The Labute approximate surface area is 115 Å². The number of carbonyl (C=O) groups is 1. The summed E-state index contributed by atoms with van der Waals surface area (Å²) in [5, 5.41) is 12.1. The number of hydrogen-bond donors (Lipinski definition) is 2. The van der Waals surface area contributed by atoms with Crippen molar-refractivity contribution in [1.82, 2.24) is 4.98 Å². The van der Waals surface area contributed by atoms with E-state index in [9.17, 15) is 4.79 Å². The number of nitrogens with one attached hydrogen (secondary N) is 1. The van der Waals surface area contributed by atoms with E-state index in [0.717, 1.165) is 32.6 Å². The van der Waals surface area contributed by atoms with Gasteiger partial charge in [-0.15, -0.1) is 0 Å². The molecule has 1 fully saturated rings. The van der Waals surface area contributed by atoms with E-state index in [0.29, 0.717) is 23.0 Å². The maximum atomic E-state index is 10.9. The van der Waals surface area contributed by atoms with Crippen molar-refractivity contribution in [2.45, 2.75) is 12.8 Å². The standard InChI is InChI=1S/C14H16N2O4/c17-13(18)10-1-2-11-12(7-10)20-14(16-11)15-8-9-3-5-19-6-4-9/h1-2,7,9H,3-6,8H2,(H,15,16)(H,17,18). The zero-order chi connectivity index (χ0) is 13.9. The zero-order valence-electron chi connectivity index (χ0n) is 11.0. The molecule has 2 heterocycles. The molecule has 1 aliphatic heterocycles. The summed E-state index contributed by atoms with van der Waals surface area (Å²) in [5.74, 6) is -0.409. The molecule has 0 saturated carbocycles. The number of nitrogens with zero attached hydrogens (tertiary/aromatic N) is 1. The average molecular weight is 276 g/mol. The predicted octanol–water partition coefficient (Wildman–Crippen LogP) is 2.36. The second kappa shape index (κ2) is 5.50. The van der Waals surface area contributed by atoms with Crippen molar-refractivity contribution < 1.29 is 19.1 Å². The van der Waals surface area contributed by atoms with Crippen LogP contribution < -0.4 is 5.32 Å². The molecule has 0 aliphatic carbocycles. The molecular weight excluding hydrogens is 260 g/mol. The Morgan fingerprint density at radius 2 is 2.20 bits per heavy atom. The Bertz CT molecular complexity index is 617. The van der Waals surface area contributed by atoms with Crippen LogP contribution in [0.3, 0.4) is 0 Å². The molecule has 106 valence electrons. The van der Waals surface area contributed by atoms with Crippen molar-refractivity contribution in [1.29, 1.82) is 0 Å². The molecule has 0 bridgehead atoms. The summed E-state index contributed by atoms with van der Waals surface area (Å²) in [6.07, 6.45) is 2.08. The summed E-state index contributed by atoms with van der Waals surface area (Å²) in [6.45, 7) is 2.41. The molecule has 0 radical (unpaired) electrons. The van der Waals surface area contributed by atoms with Crippen molar-refractivity contribution in [2.75, 3.05) is 25.1 Å². The largest absolute Gasteiger partial charge is 0.478 e. The van der Waals surface area contributed by atoms with E-state index in [1.165, 1.54) is 12.1 Å². The van der Waals surface area contributed by atoms with Gasteiger partial charge < -0.3 is 19.6 Å². The smallest absolute Gasteiger partial charge is 0.335 e. The number of benzene rings is 1. The van der Waals surface area contributed by atoms with Gasteiger partial charge in [0.25, 0.3) is 6.01 Å². The Hall–Kier alpha value is -2.08. The summed E-state index contributed by atoms with van der Waals surface area (Å²) in [6, 6.07) is 5.11. The number of carboxylic acids is 1. The minimum atomic E-state index is -0.972. The molecule has 0 spiro atoms. The van der Waals surface area contributed by atoms with Gasteiger partial charge in [-0.1, -0.05) is 0 Å². The molecule has 1 saturated heterocycles. The minimum Gasteiger partial charge on any atom is -0.478 e. The normalized spacial score (nSPS) is 16.4. The first kappa shape index (κ1) is 12.9. The van der Waals surface area contributed by atoms with Crippen LogP contribution in [0.2, 0.25) is 0 Å². The average Bonchev–Trinajstić information content (AvgIpc) is 2.88. The zero-order valence-corrected chi connectivity index (χ0v) is 11.0. The monoisotopic (exact) mass is 276 g/mol. The lowest BCUT2D eigenvalue weighted by molar-refractivity contribution is 0.0694. The Balaban J connectivity index is 1.70. The van der Waals surface area contributed by atoms with E-state index in [1.807, 2.05) is 0 Å². The lowest BCUT2D eigenvalue weighted by atomic mass is 10.0. The fraction of sp³-hybridized carbons (Fsp3) is 0.429. The van der Waals surface area contributed by atoms with E-state index in [4.69, 9.17) is 14.3 Å². The number of aromatic carboxylic acids is 1. The second-order valence-electron chi connectivity index (χ2n) is 4.94. The van der Waals surface area contributed by atoms with Crippen LogP contribution in [0.4, 0.5) is 6.01 Å². The van der Waals surface area contributed by atoms with Gasteiger partial charge in [0.2, 0.25) is 0 Å². The molecule has 20 heavy (non-hydrogen) atoms. The van der Waals surface area contributed by atoms with Gasteiger partial charge >= 0.3 is 5.97 Å². The van der Waals surface area contributed by atoms with Gasteiger partial charge in [-0.05, 0) is 37.0 Å². The molecule has 2 N–H and O–H groups in total. The number of fused-ring (bicyclic) bond motifs is 1. The molecule has 0 amide bonds. The highest BCUT2D eigenvalue weighted by Crippen LogP contribution is 2.21. The van der Waals surface area contributed by atoms with Crippen LogP contribution in [0.5, 0.6) is 0 Å². The molecule has 1 aromatic heterocycles. The highest BCUT2D eigenvalue weighted by Gasteiger charge is 2.15. The maximum absolute atomic E-state index is 10.9. The van der Waals surface area contributed by atoms with Crippen molar-refractivity contribution >= 4 is 23.1 Å². The van der Waals surface area contributed by atoms with Crippen molar-refractivity contribution in [3.05, 3.63) is 23.8 Å². The fourth-order valence-corrected chi connectivity index (χ4v) is 2.32. The number of hydrogen-bond acceptors (Lipinski definition) is 5. The van der Waals surface area contributed by atoms with Crippen LogP contribution in [0.15, 0.2) is 22.6 Å². The van der Waals surface area contributed by atoms with Gasteiger partial charge in [0.05, 0.1) is 5.56 Å². The lowest BCUT2D eigenvalue weighted by Gasteiger charge is -2.21. The van der Waals surface area contributed by atoms with E-state index in [2.05, 4.69) is 10.3 Å². The number of carboxylic acid groups (broad SMARTS) is 1. The van der Waals surface area contributed by atoms with Crippen molar-refractivity contribution in [3.63, 3.8) is 0 Å². The molecule has 0 atom stereocenters. The Morgan fingerprint density at radius 1 is 1.40 bits per heavy atom. The summed E-state index contributed by atoms with van der Waals surface area (Å²) < 4.78 is 10.8. The van der Waals surface area contributed by atoms with Crippen molar-refractivity contribution in [3.8, 4) is 0 Å². The van der Waals surface area contributed by atoms with Crippen LogP contribution in [0, 0.1) is 5.92 Å². The third-order valence-electron chi connectivity index (χ3n) is 3.52. The van der Waals surface area contributed by atoms with Gasteiger partial charge in [0.1, 0.15) is 5.52 Å². The second-order valence-corrected chi connectivity index (χ2v) is 4.94. The first-order chi connectivity index (χ1) is 9.72. The number of oxazole rings is 1. The molecule has 6 nitrogen and oxygen atoms in total. The number of rotatable bonds is 4. The van der Waals surface area contributed by atoms with Gasteiger partial charge in [0.15, 0.2) is 5.58 Å². The summed E-state index contributed by atoms with van der Waals surface area (Å²) >= 11 is 0. The molecule has 3 rings (SSSR count). The first-order valence-corrected chi connectivity index (χ1v) is 6.68. The SMILES string of the molecule is O=C(O)c1ccc2nc(NCC3CCOCC3)oc2c1. The number of ether oxygens (including phenoxy) is 1. The van der Waals surface area contributed by atoms with Crippen molar-refractivity contribution in [2.24, 2.45) is 5.92 Å². The topological polar surface area (TPSA) is 84.6 Å². The van der Waals surface area contributed by atoms with E-state index in [1.54, 1.807) is 6.07 Å². The summed E-state index contributed by atoms with van der Waals surface area (Å²) in [5.41, 5.74) is 1.34. The van der Waals surface area contributed by atoms with Crippen LogP contribution >= 0.6 is 0 Å². The maximum Gasteiger partial charge on any atom is 0.335 e. The van der Waals surface area contributed by atoms with Crippen LogP contribution in [-0.2, 0) is 4.74 Å². The quantitative estimate of drug-likeness (QED) is 0.891. The van der Waals surface area contributed by atoms with E-state index in [-0.39, 0.29) is 5.56 Å². The predicted molar refractivity (Wildman–Crippen MR) is 73.0 cm³/mol. The van der Waals surface area contributed by atoms with Crippen LogP contribution in [0.25, 0.3) is 11.1 Å². The fourth-order valence-electron chi connectivity index (χ4n) is 2.32. The molecule has 6 heteroatoms. The molecule has 0 unspecified atom stereocenters. The number of anilines is 1. The highest BCUT2D eigenvalue weighted by molar-refractivity contribution is 5.92. The Morgan fingerprint density at radius 3 is 2.95 bits per heavy atom. The van der Waals surface area contributed by atoms with Gasteiger partial charge in [-0.3, -0.25) is 0 Å². The third kappa shape index (κ3) is 2.75. The Kier molecular flexibility index (Phi) is 3.56. The minimum absolute atomic E-state index is 0.199. The van der Waals surface area contributed by atoms with Gasteiger partial charge in [-0.2, -0.15) is 4.98 Å². The van der Waals surface area contributed by atoms with Gasteiger partial charge in [0, 0.05) is 19.8 Å². The summed E-state index contributed by atoms with van der Waals surface area (Å²) in [4.78, 5) is 15.2. The molecule has 1 aliphatic rings. The first-order valence-electron chi connectivity index (χ1n) is 6.68. The van der Waals surface area contributed by atoms with Crippen LogP contribution in [0.1, 0.15) is 23.2 Å². The van der Waals surface area contributed by atoms with Crippen LogP contribution in [-0.4, -0.2) is 35.8 Å². The van der Waals surface area contributed by atoms with E-state index < -0.39 is 5.97 Å². The molecule has 2 aromatic rings. The lowest BCUT2D eigenvalue weighted by Crippen LogP contribution is -2.22. The molecule has 1 aromatic carbocycles.